The minimum atomic E-state index is -3.86. The van der Waals surface area contributed by atoms with E-state index in [9.17, 15) is 13.2 Å². The largest absolute Gasteiger partial charge is 0.398 e. The molecule has 2 N–H and O–H groups in total. The molecule has 6 heteroatoms. The Labute approximate surface area is 119 Å². The minimum absolute atomic E-state index is 0.00772. The van der Waals surface area contributed by atoms with Gasteiger partial charge in [0, 0.05) is 13.0 Å². The van der Waals surface area contributed by atoms with Gasteiger partial charge in [0.1, 0.15) is 4.90 Å². The van der Waals surface area contributed by atoms with Crippen molar-refractivity contribution in [2.45, 2.75) is 37.0 Å². The average Bonchev–Trinajstić information content (AvgIpc) is 2.47. The highest BCUT2D eigenvalue weighted by Crippen LogP contribution is 2.28. The summed E-state index contributed by atoms with van der Waals surface area (Å²) in [6, 6.07) is 6.21. The van der Waals surface area contributed by atoms with Gasteiger partial charge in [-0.25, -0.2) is 12.7 Å². The fourth-order valence-corrected chi connectivity index (χ4v) is 3.89. The highest BCUT2D eigenvalue weighted by Gasteiger charge is 2.32. The van der Waals surface area contributed by atoms with Crippen molar-refractivity contribution in [3.63, 3.8) is 0 Å². The van der Waals surface area contributed by atoms with Crippen LogP contribution in [0.15, 0.2) is 29.2 Å². The number of nitrogens with two attached hydrogens (primary N) is 1. The molecule has 1 saturated carbocycles. The molecule has 0 heterocycles. The summed E-state index contributed by atoms with van der Waals surface area (Å²) in [6.45, 7) is 0. The lowest BCUT2D eigenvalue weighted by Crippen LogP contribution is -2.38. The van der Waals surface area contributed by atoms with Crippen LogP contribution in [0.1, 0.15) is 32.1 Å². The van der Waals surface area contributed by atoms with Gasteiger partial charge >= 0.3 is 0 Å². The summed E-state index contributed by atoms with van der Waals surface area (Å²) < 4.78 is 25.8. The van der Waals surface area contributed by atoms with Crippen molar-refractivity contribution in [2.75, 3.05) is 12.8 Å². The van der Waals surface area contributed by atoms with Gasteiger partial charge in [0.2, 0.25) is 5.91 Å². The van der Waals surface area contributed by atoms with Crippen molar-refractivity contribution in [1.82, 2.24) is 4.31 Å². The summed E-state index contributed by atoms with van der Waals surface area (Å²) in [6.07, 6.45) is 4.62. The predicted molar refractivity (Wildman–Crippen MR) is 77.4 cm³/mol. The van der Waals surface area contributed by atoms with E-state index in [2.05, 4.69) is 0 Å². The number of sulfonamides is 1. The second-order valence-electron chi connectivity index (χ2n) is 5.18. The first kappa shape index (κ1) is 14.8. The molecule has 0 aromatic heterocycles. The van der Waals surface area contributed by atoms with Crippen molar-refractivity contribution in [1.29, 1.82) is 0 Å². The Kier molecular flexibility index (Phi) is 4.32. The molecule has 0 aliphatic heterocycles. The van der Waals surface area contributed by atoms with Crippen LogP contribution in [0.2, 0.25) is 0 Å². The van der Waals surface area contributed by atoms with Gasteiger partial charge in [0.15, 0.2) is 0 Å². The van der Waals surface area contributed by atoms with Gasteiger partial charge < -0.3 is 5.73 Å². The van der Waals surface area contributed by atoms with E-state index in [-0.39, 0.29) is 22.4 Å². The summed E-state index contributed by atoms with van der Waals surface area (Å²) in [5.74, 6) is -0.513. The van der Waals surface area contributed by atoms with Crippen LogP contribution in [0.5, 0.6) is 0 Å². The molecule has 0 radical (unpaired) electrons. The monoisotopic (exact) mass is 296 g/mol. The molecule has 0 atom stereocenters. The van der Waals surface area contributed by atoms with E-state index in [1.807, 2.05) is 0 Å². The Bertz CT molecular complexity index is 592. The van der Waals surface area contributed by atoms with Crippen LogP contribution in [0.25, 0.3) is 0 Å². The van der Waals surface area contributed by atoms with Crippen LogP contribution < -0.4 is 5.73 Å². The van der Waals surface area contributed by atoms with Crippen LogP contribution in [-0.2, 0) is 14.8 Å². The van der Waals surface area contributed by atoms with Crippen molar-refractivity contribution in [3.8, 4) is 0 Å². The third-order valence-corrected chi connectivity index (χ3v) is 5.65. The van der Waals surface area contributed by atoms with E-state index in [1.54, 1.807) is 12.1 Å². The number of rotatable bonds is 3. The number of nitrogens with zero attached hydrogens (tertiary/aromatic N) is 1. The summed E-state index contributed by atoms with van der Waals surface area (Å²) in [4.78, 5) is 12.3. The van der Waals surface area contributed by atoms with Crippen molar-refractivity contribution in [2.24, 2.45) is 5.92 Å². The molecule has 1 amide bonds. The molecule has 20 heavy (non-hydrogen) atoms. The van der Waals surface area contributed by atoms with Crippen molar-refractivity contribution < 1.29 is 13.2 Å². The Hall–Kier alpha value is -1.56. The predicted octanol–water partition coefficient (Wildman–Crippen LogP) is 2.00. The van der Waals surface area contributed by atoms with Crippen LogP contribution >= 0.6 is 0 Å². The number of anilines is 1. The third-order valence-electron chi connectivity index (χ3n) is 3.82. The number of para-hydroxylation sites is 1. The number of carbonyl (C=O) groups is 1. The molecule has 0 bridgehead atoms. The van der Waals surface area contributed by atoms with Crippen LogP contribution in [0.4, 0.5) is 5.69 Å². The number of hydrogen-bond acceptors (Lipinski definition) is 4. The topological polar surface area (TPSA) is 80.5 Å². The van der Waals surface area contributed by atoms with Crippen molar-refractivity contribution in [3.05, 3.63) is 24.3 Å². The van der Waals surface area contributed by atoms with Gasteiger partial charge in [-0.3, -0.25) is 4.79 Å². The number of benzene rings is 1. The summed E-state index contributed by atoms with van der Waals surface area (Å²) in [5.41, 5.74) is 5.87. The van der Waals surface area contributed by atoms with E-state index in [0.29, 0.717) is 0 Å². The van der Waals surface area contributed by atoms with Crippen LogP contribution in [0, 0.1) is 5.92 Å². The maximum Gasteiger partial charge on any atom is 0.268 e. The number of carbonyl (C=O) groups excluding carboxylic acids is 1. The second-order valence-corrected chi connectivity index (χ2v) is 7.12. The van der Waals surface area contributed by atoms with E-state index in [0.717, 1.165) is 36.4 Å². The Balaban J connectivity index is 2.25. The normalized spacial score (nSPS) is 16.9. The Morgan fingerprint density at radius 2 is 1.80 bits per heavy atom. The lowest BCUT2D eigenvalue weighted by Gasteiger charge is -2.26. The molecule has 0 saturated heterocycles. The molecule has 2 rings (SSSR count). The highest BCUT2D eigenvalue weighted by molar-refractivity contribution is 7.89. The number of nitrogen functional groups attached to an aromatic ring is 1. The third kappa shape index (κ3) is 2.80. The number of amides is 1. The van der Waals surface area contributed by atoms with E-state index < -0.39 is 10.0 Å². The van der Waals surface area contributed by atoms with Gasteiger partial charge in [-0.15, -0.1) is 0 Å². The molecule has 1 aromatic carbocycles. The molecule has 5 nitrogen and oxygen atoms in total. The van der Waals surface area contributed by atoms with Crippen LogP contribution in [-0.4, -0.2) is 25.7 Å². The van der Waals surface area contributed by atoms with Gasteiger partial charge in [-0.05, 0) is 25.0 Å². The first-order chi connectivity index (χ1) is 9.44. The van der Waals surface area contributed by atoms with Gasteiger partial charge in [0.05, 0.1) is 5.69 Å². The van der Waals surface area contributed by atoms with Gasteiger partial charge in [-0.2, -0.15) is 0 Å². The minimum Gasteiger partial charge on any atom is -0.398 e. The summed E-state index contributed by atoms with van der Waals surface area (Å²) in [7, 11) is -2.54. The van der Waals surface area contributed by atoms with Crippen molar-refractivity contribution >= 4 is 21.6 Å². The zero-order chi connectivity index (χ0) is 14.8. The number of hydrogen-bond donors (Lipinski definition) is 1. The summed E-state index contributed by atoms with van der Waals surface area (Å²) >= 11 is 0. The first-order valence-corrected chi connectivity index (χ1v) is 8.26. The molecule has 1 aliphatic carbocycles. The molecule has 1 aliphatic rings. The van der Waals surface area contributed by atoms with E-state index >= 15 is 0 Å². The lowest BCUT2D eigenvalue weighted by atomic mass is 9.89. The fourth-order valence-electron chi connectivity index (χ4n) is 2.59. The fraction of sp³-hybridized carbons (Fsp3) is 0.500. The molecule has 0 unspecified atom stereocenters. The molecule has 1 aromatic rings. The molecular formula is C14H20N2O3S. The van der Waals surface area contributed by atoms with Gasteiger partial charge in [0.25, 0.3) is 10.0 Å². The maximum absolute atomic E-state index is 12.5. The molecule has 110 valence electrons. The molecule has 1 fully saturated rings. The second kappa shape index (κ2) is 5.83. The van der Waals surface area contributed by atoms with Crippen LogP contribution in [0.3, 0.4) is 0 Å². The standard InChI is InChI=1S/C14H20N2O3S/c1-16(14(17)11-7-3-2-4-8-11)20(18,19)13-10-6-5-9-12(13)15/h5-6,9-11H,2-4,7-8,15H2,1H3. The van der Waals surface area contributed by atoms with Gasteiger partial charge in [-0.1, -0.05) is 31.4 Å². The zero-order valence-corrected chi connectivity index (χ0v) is 12.4. The molecule has 0 spiro atoms. The van der Waals surface area contributed by atoms with E-state index in [4.69, 9.17) is 5.73 Å². The molecular weight excluding hydrogens is 276 g/mol. The van der Waals surface area contributed by atoms with E-state index in [1.165, 1.54) is 19.2 Å². The highest BCUT2D eigenvalue weighted by atomic mass is 32.2. The Morgan fingerprint density at radius 1 is 1.20 bits per heavy atom. The first-order valence-electron chi connectivity index (χ1n) is 6.82. The summed E-state index contributed by atoms with van der Waals surface area (Å²) in [5, 5.41) is 0. The average molecular weight is 296 g/mol. The smallest absolute Gasteiger partial charge is 0.268 e. The quantitative estimate of drug-likeness (QED) is 0.865. The Morgan fingerprint density at radius 3 is 2.40 bits per heavy atom. The maximum atomic E-state index is 12.5. The lowest BCUT2D eigenvalue weighted by molar-refractivity contribution is -0.130. The SMILES string of the molecule is CN(C(=O)C1CCCCC1)S(=O)(=O)c1ccccc1N. The zero-order valence-electron chi connectivity index (χ0n) is 11.6.